The van der Waals surface area contributed by atoms with Crippen molar-refractivity contribution in [2.45, 2.75) is 13.0 Å². The van der Waals surface area contributed by atoms with Gasteiger partial charge in [-0.1, -0.05) is 24.3 Å². The molecule has 98 valence electrons. The molecule has 0 bridgehead atoms. The van der Waals surface area contributed by atoms with Crippen LogP contribution in [0.15, 0.2) is 42.5 Å². The first-order chi connectivity index (χ1) is 9.24. The number of nitrogens with one attached hydrogen (secondary N) is 1. The topological polar surface area (TPSA) is 15.3 Å². The Morgan fingerprint density at radius 2 is 2.05 bits per heavy atom. The van der Waals surface area contributed by atoms with Crippen LogP contribution in [0.4, 0.5) is 15.8 Å². The lowest BCUT2D eigenvalue weighted by atomic mass is 10.1. The molecule has 19 heavy (non-hydrogen) atoms. The summed E-state index contributed by atoms with van der Waals surface area (Å²) in [6.45, 7) is 1.79. The molecule has 0 saturated carbocycles. The molecular formula is C16H17FN2. The molecule has 3 rings (SSSR count). The Balaban J connectivity index is 1.84. The number of halogens is 1. The van der Waals surface area contributed by atoms with Crippen LogP contribution in [0.5, 0.6) is 0 Å². The van der Waals surface area contributed by atoms with Crippen molar-refractivity contribution in [3.8, 4) is 0 Å². The fourth-order valence-electron chi connectivity index (χ4n) is 2.60. The van der Waals surface area contributed by atoms with E-state index in [0.29, 0.717) is 0 Å². The molecule has 1 aliphatic heterocycles. The highest BCUT2D eigenvalue weighted by atomic mass is 19.1. The number of hydrogen-bond donors (Lipinski definition) is 1. The number of benzene rings is 2. The average molecular weight is 256 g/mol. The Bertz CT molecular complexity index is 595. The van der Waals surface area contributed by atoms with Crippen molar-refractivity contribution in [3.05, 3.63) is 59.4 Å². The maximum absolute atomic E-state index is 13.2. The minimum atomic E-state index is -0.194. The standard InChI is InChI=1S/C16H17FN2/c1-19(15-7-3-6-14(17)10-15)11-13-5-2-4-12-8-9-18-16(12)13/h2-7,10,18H,8-9,11H2,1H3. The quantitative estimate of drug-likeness (QED) is 0.905. The summed E-state index contributed by atoms with van der Waals surface area (Å²) in [6, 6.07) is 13.1. The highest BCUT2D eigenvalue weighted by molar-refractivity contribution is 5.62. The van der Waals surface area contributed by atoms with E-state index in [4.69, 9.17) is 0 Å². The second-order valence-corrected chi connectivity index (χ2v) is 4.96. The first-order valence-corrected chi connectivity index (χ1v) is 6.55. The second-order valence-electron chi connectivity index (χ2n) is 4.96. The Morgan fingerprint density at radius 3 is 2.89 bits per heavy atom. The summed E-state index contributed by atoms with van der Waals surface area (Å²) in [5.41, 5.74) is 4.80. The molecule has 1 heterocycles. The molecule has 0 aliphatic carbocycles. The molecule has 0 spiro atoms. The number of rotatable bonds is 3. The molecule has 0 atom stereocenters. The summed E-state index contributed by atoms with van der Waals surface area (Å²) in [5.74, 6) is -0.194. The fraction of sp³-hybridized carbons (Fsp3) is 0.250. The summed E-state index contributed by atoms with van der Waals surface area (Å²) >= 11 is 0. The third-order valence-electron chi connectivity index (χ3n) is 3.59. The van der Waals surface area contributed by atoms with E-state index in [1.54, 1.807) is 12.1 Å². The summed E-state index contributed by atoms with van der Waals surface area (Å²) in [5, 5.41) is 3.44. The van der Waals surface area contributed by atoms with Gasteiger partial charge in [0.25, 0.3) is 0 Å². The molecular weight excluding hydrogens is 239 g/mol. The van der Waals surface area contributed by atoms with Crippen molar-refractivity contribution in [2.24, 2.45) is 0 Å². The molecule has 2 aromatic carbocycles. The number of anilines is 2. The van der Waals surface area contributed by atoms with Crippen molar-refractivity contribution >= 4 is 11.4 Å². The number of hydrogen-bond acceptors (Lipinski definition) is 2. The van der Waals surface area contributed by atoms with Gasteiger partial charge in [0.15, 0.2) is 0 Å². The fourth-order valence-corrected chi connectivity index (χ4v) is 2.60. The van der Waals surface area contributed by atoms with Crippen molar-refractivity contribution in [1.29, 1.82) is 0 Å². The van der Waals surface area contributed by atoms with Crippen LogP contribution >= 0.6 is 0 Å². The van der Waals surface area contributed by atoms with Crippen molar-refractivity contribution < 1.29 is 4.39 Å². The van der Waals surface area contributed by atoms with Crippen LogP contribution in [0, 0.1) is 5.82 Å². The molecule has 0 radical (unpaired) electrons. The third-order valence-corrected chi connectivity index (χ3v) is 3.59. The van der Waals surface area contributed by atoms with E-state index in [9.17, 15) is 4.39 Å². The molecule has 0 aromatic heterocycles. The van der Waals surface area contributed by atoms with E-state index in [0.717, 1.165) is 25.2 Å². The Hall–Kier alpha value is -2.03. The summed E-state index contributed by atoms with van der Waals surface area (Å²) in [6.07, 6.45) is 1.09. The lowest BCUT2D eigenvalue weighted by Gasteiger charge is -2.21. The van der Waals surface area contributed by atoms with Crippen LogP contribution in [0.25, 0.3) is 0 Å². The number of nitrogens with zero attached hydrogens (tertiary/aromatic N) is 1. The largest absolute Gasteiger partial charge is 0.384 e. The van der Waals surface area contributed by atoms with Crippen molar-refractivity contribution in [1.82, 2.24) is 0 Å². The van der Waals surface area contributed by atoms with Gasteiger partial charge in [-0.25, -0.2) is 4.39 Å². The van der Waals surface area contributed by atoms with E-state index in [1.807, 2.05) is 13.1 Å². The van der Waals surface area contributed by atoms with Gasteiger partial charge in [0.05, 0.1) is 0 Å². The molecule has 0 saturated heterocycles. The van der Waals surface area contributed by atoms with Gasteiger partial charge in [-0.3, -0.25) is 0 Å². The zero-order chi connectivity index (χ0) is 13.2. The van der Waals surface area contributed by atoms with Crippen LogP contribution in [0.3, 0.4) is 0 Å². The van der Waals surface area contributed by atoms with Gasteiger partial charge < -0.3 is 10.2 Å². The maximum Gasteiger partial charge on any atom is 0.125 e. The van der Waals surface area contributed by atoms with Crippen LogP contribution in [0.2, 0.25) is 0 Å². The van der Waals surface area contributed by atoms with E-state index < -0.39 is 0 Å². The first kappa shape index (κ1) is 12.0. The zero-order valence-corrected chi connectivity index (χ0v) is 11.0. The van der Waals surface area contributed by atoms with Gasteiger partial charge in [-0.15, -0.1) is 0 Å². The lowest BCUT2D eigenvalue weighted by Crippen LogP contribution is -2.17. The molecule has 1 aliphatic rings. The lowest BCUT2D eigenvalue weighted by molar-refractivity contribution is 0.627. The second kappa shape index (κ2) is 4.92. The van der Waals surface area contributed by atoms with Gasteiger partial charge in [0.2, 0.25) is 0 Å². The van der Waals surface area contributed by atoms with Gasteiger partial charge in [0.1, 0.15) is 5.82 Å². The molecule has 0 amide bonds. The van der Waals surface area contributed by atoms with E-state index in [1.165, 1.54) is 22.9 Å². The van der Waals surface area contributed by atoms with Crippen molar-refractivity contribution in [3.63, 3.8) is 0 Å². The first-order valence-electron chi connectivity index (χ1n) is 6.55. The summed E-state index contributed by atoms with van der Waals surface area (Å²) in [4.78, 5) is 2.07. The molecule has 2 aromatic rings. The van der Waals surface area contributed by atoms with E-state index in [2.05, 4.69) is 28.4 Å². The number of fused-ring (bicyclic) bond motifs is 1. The highest BCUT2D eigenvalue weighted by Crippen LogP contribution is 2.28. The molecule has 1 N–H and O–H groups in total. The van der Waals surface area contributed by atoms with Crippen LogP contribution in [-0.4, -0.2) is 13.6 Å². The third kappa shape index (κ3) is 2.41. The predicted octanol–water partition coefficient (Wildman–Crippen LogP) is 3.43. The average Bonchev–Trinajstić information content (AvgIpc) is 2.88. The minimum Gasteiger partial charge on any atom is -0.384 e. The molecule has 0 fully saturated rings. The van der Waals surface area contributed by atoms with Crippen LogP contribution in [0.1, 0.15) is 11.1 Å². The Morgan fingerprint density at radius 1 is 1.21 bits per heavy atom. The Kier molecular flexibility index (Phi) is 3.11. The summed E-state index contributed by atoms with van der Waals surface area (Å²) in [7, 11) is 1.99. The zero-order valence-electron chi connectivity index (χ0n) is 11.0. The minimum absolute atomic E-state index is 0.194. The summed E-state index contributed by atoms with van der Waals surface area (Å²) < 4.78 is 13.2. The van der Waals surface area contributed by atoms with Gasteiger partial charge in [0, 0.05) is 31.5 Å². The molecule has 0 unspecified atom stereocenters. The van der Waals surface area contributed by atoms with E-state index in [-0.39, 0.29) is 5.82 Å². The highest BCUT2D eigenvalue weighted by Gasteiger charge is 2.14. The normalized spacial score (nSPS) is 12.9. The molecule has 2 nitrogen and oxygen atoms in total. The van der Waals surface area contributed by atoms with Gasteiger partial charge in [-0.2, -0.15) is 0 Å². The van der Waals surface area contributed by atoms with Crippen LogP contribution < -0.4 is 10.2 Å². The van der Waals surface area contributed by atoms with E-state index >= 15 is 0 Å². The Labute approximate surface area is 112 Å². The molecule has 3 heteroatoms. The van der Waals surface area contributed by atoms with Crippen molar-refractivity contribution in [2.75, 3.05) is 23.8 Å². The monoisotopic (exact) mass is 256 g/mol. The SMILES string of the molecule is CN(Cc1cccc2c1NCC2)c1cccc(F)c1. The number of para-hydroxylation sites is 1. The smallest absolute Gasteiger partial charge is 0.125 e. The van der Waals surface area contributed by atoms with Gasteiger partial charge in [-0.05, 0) is 35.7 Å². The maximum atomic E-state index is 13.2. The van der Waals surface area contributed by atoms with Crippen LogP contribution in [-0.2, 0) is 13.0 Å². The van der Waals surface area contributed by atoms with Gasteiger partial charge >= 0.3 is 0 Å². The predicted molar refractivity (Wildman–Crippen MR) is 77.1 cm³/mol.